The highest BCUT2D eigenvalue weighted by molar-refractivity contribution is 5.85. The first-order chi connectivity index (χ1) is 12.0. The lowest BCUT2D eigenvalue weighted by Crippen LogP contribution is -2.23. The number of likely N-dealkylation sites (N-methyl/N-ethyl adjacent to an activating group) is 1. The second-order valence-corrected chi connectivity index (χ2v) is 6.70. The van der Waals surface area contributed by atoms with Crippen LogP contribution in [0.25, 0.3) is 10.9 Å². The molecular formula is C19H24N2O4. The first-order valence-corrected chi connectivity index (χ1v) is 8.75. The van der Waals surface area contributed by atoms with E-state index in [2.05, 4.69) is 16.9 Å². The number of nitrogens with one attached hydrogen (secondary N) is 1. The van der Waals surface area contributed by atoms with E-state index in [1.807, 2.05) is 18.3 Å². The smallest absolute Gasteiger partial charge is 0.311 e. The molecule has 1 aliphatic rings. The summed E-state index contributed by atoms with van der Waals surface area (Å²) in [5, 5.41) is 9.68. The molecule has 134 valence electrons. The Morgan fingerprint density at radius 3 is 2.84 bits per heavy atom. The predicted octanol–water partition coefficient (Wildman–Crippen LogP) is 2.96. The first kappa shape index (κ1) is 17.5. The third-order valence-corrected chi connectivity index (χ3v) is 4.65. The molecule has 2 N–H and O–H groups in total. The summed E-state index contributed by atoms with van der Waals surface area (Å²) >= 11 is 0. The highest BCUT2D eigenvalue weighted by Crippen LogP contribution is 2.27. The molecule has 1 heterocycles. The molecule has 0 radical (unpaired) electrons. The summed E-state index contributed by atoms with van der Waals surface area (Å²) in [6.45, 7) is 1.01. The zero-order valence-electron chi connectivity index (χ0n) is 14.5. The van der Waals surface area contributed by atoms with Crippen molar-refractivity contribution in [2.45, 2.75) is 44.6 Å². The molecule has 3 rings (SSSR count). The van der Waals surface area contributed by atoms with Crippen molar-refractivity contribution in [3.05, 3.63) is 30.0 Å². The summed E-state index contributed by atoms with van der Waals surface area (Å²) in [5.41, 5.74) is 2.24. The largest absolute Gasteiger partial charge is 0.481 e. The van der Waals surface area contributed by atoms with Crippen molar-refractivity contribution in [3.8, 4) is 5.75 Å². The van der Waals surface area contributed by atoms with Gasteiger partial charge in [-0.2, -0.15) is 0 Å². The lowest BCUT2D eigenvalue weighted by Gasteiger charge is -2.14. The van der Waals surface area contributed by atoms with Crippen molar-refractivity contribution in [1.82, 2.24) is 9.88 Å². The van der Waals surface area contributed by atoms with Crippen molar-refractivity contribution in [2.24, 2.45) is 0 Å². The number of benzene rings is 1. The molecule has 0 amide bonds. The number of aromatic amines is 1. The number of carbonyl (C=O) groups is 2. The minimum atomic E-state index is -0.901. The van der Waals surface area contributed by atoms with Gasteiger partial charge in [0.2, 0.25) is 0 Å². The van der Waals surface area contributed by atoms with Crippen molar-refractivity contribution in [3.63, 3.8) is 0 Å². The number of carbonyl (C=O) groups excluding carboxylic acids is 1. The number of carboxylic acid groups (broad SMARTS) is 1. The molecule has 1 aliphatic carbocycles. The van der Waals surface area contributed by atoms with Gasteiger partial charge >= 0.3 is 11.9 Å². The third-order valence-electron chi connectivity index (χ3n) is 4.65. The standard InChI is InChI=1S/C19H24N2O4/c1-21(14-5-6-14)10-9-13-12-20-17-8-7-15(11-16(13)17)25-19(24)4-2-3-18(22)23/h7-8,11-12,14,20H,2-6,9-10H2,1H3,(H,22,23). The molecule has 0 bridgehead atoms. The molecule has 25 heavy (non-hydrogen) atoms. The Labute approximate surface area is 146 Å². The Balaban J connectivity index is 1.61. The second-order valence-electron chi connectivity index (χ2n) is 6.70. The Kier molecular flexibility index (Phi) is 5.38. The monoisotopic (exact) mass is 344 g/mol. The summed E-state index contributed by atoms with van der Waals surface area (Å²) in [5.74, 6) is -0.794. The maximum absolute atomic E-state index is 11.8. The number of hydrogen-bond donors (Lipinski definition) is 2. The lowest BCUT2D eigenvalue weighted by molar-refractivity contribution is -0.137. The van der Waals surface area contributed by atoms with Gasteiger partial charge in [0.25, 0.3) is 0 Å². The molecule has 0 atom stereocenters. The maximum Gasteiger partial charge on any atom is 0.311 e. The maximum atomic E-state index is 11.8. The fraction of sp³-hybridized carbons (Fsp3) is 0.474. The molecule has 6 heteroatoms. The van der Waals surface area contributed by atoms with Gasteiger partial charge in [-0.15, -0.1) is 0 Å². The van der Waals surface area contributed by atoms with Gasteiger partial charge in [0.15, 0.2) is 0 Å². The normalized spacial score (nSPS) is 14.2. The zero-order valence-corrected chi connectivity index (χ0v) is 14.5. The molecule has 1 fully saturated rings. The van der Waals surface area contributed by atoms with Crippen molar-refractivity contribution in [2.75, 3.05) is 13.6 Å². The molecule has 0 unspecified atom stereocenters. The van der Waals surface area contributed by atoms with Gasteiger partial charge in [-0.25, -0.2) is 0 Å². The van der Waals surface area contributed by atoms with Crippen LogP contribution in [0.4, 0.5) is 0 Å². The van der Waals surface area contributed by atoms with Gasteiger partial charge in [0.05, 0.1) is 0 Å². The highest BCUT2D eigenvalue weighted by Gasteiger charge is 2.25. The number of aromatic nitrogens is 1. The van der Waals surface area contributed by atoms with E-state index < -0.39 is 11.9 Å². The average Bonchev–Trinajstić information content (AvgIpc) is 3.34. The van der Waals surface area contributed by atoms with Crippen molar-refractivity contribution in [1.29, 1.82) is 0 Å². The summed E-state index contributed by atoms with van der Waals surface area (Å²) in [6, 6.07) is 6.29. The molecule has 6 nitrogen and oxygen atoms in total. The van der Waals surface area contributed by atoms with Crippen LogP contribution in [-0.4, -0.2) is 46.6 Å². The number of esters is 1. The molecule has 1 aromatic carbocycles. The fourth-order valence-corrected chi connectivity index (χ4v) is 2.99. The van der Waals surface area contributed by atoms with Gasteiger partial charge in [-0.3, -0.25) is 9.59 Å². The van der Waals surface area contributed by atoms with E-state index >= 15 is 0 Å². The fourth-order valence-electron chi connectivity index (χ4n) is 2.99. The Bertz CT molecular complexity index is 764. The Hall–Kier alpha value is -2.34. The number of carboxylic acids is 1. The van der Waals surface area contributed by atoms with Crippen LogP contribution in [0, 0.1) is 0 Å². The predicted molar refractivity (Wildman–Crippen MR) is 94.8 cm³/mol. The van der Waals surface area contributed by atoms with Crippen LogP contribution in [0.15, 0.2) is 24.4 Å². The topological polar surface area (TPSA) is 82.6 Å². The number of fused-ring (bicyclic) bond motifs is 1. The van der Waals surface area contributed by atoms with E-state index in [0.29, 0.717) is 12.2 Å². The van der Waals surface area contributed by atoms with Crippen LogP contribution in [0.3, 0.4) is 0 Å². The first-order valence-electron chi connectivity index (χ1n) is 8.75. The van der Waals surface area contributed by atoms with E-state index in [-0.39, 0.29) is 12.8 Å². The second kappa shape index (κ2) is 7.70. The summed E-state index contributed by atoms with van der Waals surface area (Å²) < 4.78 is 5.35. The van der Waals surface area contributed by atoms with Crippen LogP contribution < -0.4 is 4.74 Å². The van der Waals surface area contributed by atoms with Gasteiger partial charge in [0.1, 0.15) is 5.75 Å². The SMILES string of the molecule is CN(CCc1c[nH]c2ccc(OC(=O)CCCC(=O)O)cc12)C1CC1. The van der Waals surface area contributed by atoms with Crippen molar-refractivity contribution >= 4 is 22.8 Å². The highest BCUT2D eigenvalue weighted by atomic mass is 16.5. The number of aliphatic carboxylic acids is 1. The van der Waals surface area contributed by atoms with E-state index in [9.17, 15) is 9.59 Å². The zero-order chi connectivity index (χ0) is 17.8. The molecule has 1 saturated carbocycles. The quantitative estimate of drug-likeness (QED) is 0.540. The van der Waals surface area contributed by atoms with Crippen LogP contribution in [0.5, 0.6) is 5.75 Å². The third kappa shape index (κ3) is 4.82. The van der Waals surface area contributed by atoms with Crippen LogP contribution in [0.1, 0.15) is 37.7 Å². The minimum absolute atomic E-state index is 0.0232. The summed E-state index contributed by atoms with van der Waals surface area (Å²) in [7, 11) is 2.16. The van der Waals surface area contributed by atoms with Crippen LogP contribution >= 0.6 is 0 Å². The number of hydrogen-bond acceptors (Lipinski definition) is 4. The summed E-state index contributed by atoms with van der Waals surface area (Å²) in [6.07, 6.45) is 5.94. The van der Waals surface area contributed by atoms with Crippen LogP contribution in [-0.2, 0) is 16.0 Å². The average molecular weight is 344 g/mol. The van der Waals surface area contributed by atoms with E-state index in [1.165, 1.54) is 18.4 Å². The van der Waals surface area contributed by atoms with E-state index in [4.69, 9.17) is 9.84 Å². The molecule has 0 saturated heterocycles. The van der Waals surface area contributed by atoms with Crippen LogP contribution in [0.2, 0.25) is 0 Å². The molecule has 1 aromatic heterocycles. The number of nitrogens with zero attached hydrogens (tertiary/aromatic N) is 1. The minimum Gasteiger partial charge on any atom is -0.481 e. The van der Waals surface area contributed by atoms with E-state index in [1.54, 1.807) is 6.07 Å². The molecule has 2 aromatic rings. The molecule has 0 aliphatic heterocycles. The van der Waals surface area contributed by atoms with Gasteiger partial charge in [0, 0.05) is 42.5 Å². The lowest BCUT2D eigenvalue weighted by atomic mass is 10.1. The number of ether oxygens (including phenoxy) is 1. The Morgan fingerprint density at radius 1 is 1.32 bits per heavy atom. The number of rotatable bonds is 9. The van der Waals surface area contributed by atoms with E-state index in [0.717, 1.165) is 29.9 Å². The Morgan fingerprint density at radius 2 is 2.12 bits per heavy atom. The number of H-pyrrole nitrogens is 1. The molecular weight excluding hydrogens is 320 g/mol. The van der Waals surface area contributed by atoms with Gasteiger partial charge < -0.3 is 19.7 Å². The van der Waals surface area contributed by atoms with Gasteiger partial charge in [-0.1, -0.05) is 0 Å². The summed E-state index contributed by atoms with van der Waals surface area (Å²) in [4.78, 5) is 28.0. The molecule has 0 spiro atoms. The van der Waals surface area contributed by atoms with Gasteiger partial charge in [-0.05, 0) is 56.5 Å². The van der Waals surface area contributed by atoms with Crippen molar-refractivity contribution < 1.29 is 19.4 Å².